The Morgan fingerprint density at radius 3 is 3.15 bits per heavy atom. The summed E-state index contributed by atoms with van der Waals surface area (Å²) in [5, 5.41) is 3.23. The van der Waals surface area contributed by atoms with Crippen molar-refractivity contribution in [2.45, 2.75) is 39.3 Å². The smallest absolute Gasteiger partial charge is 0.189 e. The van der Waals surface area contributed by atoms with Crippen LogP contribution < -0.4 is 11.1 Å². The quantitative estimate of drug-likeness (QED) is 0.627. The fourth-order valence-electron chi connectivity index (χ4n) is 2.67. The van der Waals surface area contributed by atoms with Gasteiger partial charge in [-0.2, -0.15) is 0 Å². The molecule has 1 fully saturated rings. The molecule has 2 heterocycles. The topological polar surface area (TPSA) is 66.5 Å². The molecule has 0 bridgehead atoms. The van der Waals surface area contributed by atoms with Crippen molar-refractivity contribution >= 4 is 5.96 Å². The zero-order valence-corrected chi connectivity index (χ0v) is 12.5. The molecule has 5 nitrogen and oxygen atoms in total. The van der Waals surface area contributed by atoms with Crippen molar-refractivity contribution in [3.8, 4) is 0 Å². The third-order valence-corrected chi connectivity index (χ3v) is 3.78. The lowest BCUT2D eigenvalue weighted by atomic mass is 10.2. The molecule has 1 aliphatic heterocycles. The number of nitrogens with one attached hydrogen (secondary N) is 1. The van der Waals surface area contributed by atoms with Crippen LogP contribution in [0.2, 0.25) is 0 Å². The largest absolute Gasteiger partial charge is 0.370 e. The summed E-state index contributed by atoms with van der Waals surface area (Å²) in [7, 11) is 0. The molecule has 1 aromatic rings. The number of likely N-dealkylation sites (N-methyl/N-ethyl adjacent to an activating group) is 1. The summed E-state index contributed by atoms with van der Waals surface area (Å²) in [6, 6.07) is 6.54. The zero-order chi connectivity index (χ0) is 14.4. The van der Waals surface area contributed by atoms with Gasteiger partial charge in [-0.25, -0.2) is 4.99 Å². The van der Waals surface area contributed by atoms with Crippen LogP contribution in [0.4, 0.5) is 0 Å². The molecular formula is C15H25N5. The Hall–Kier alpha value is -1.62. The molecule has 0 aliphatic carbocycles. The number of nitrogens with two attached hydrogens (primary N) is 1. The molecule has 2 rings (SSSR count). The lowest BCUT2D eigenvalue weighted by Gasteiger charge is -2.23. The summed E-state index contributed by atoms with van der Waals surface area (Å²) in [6.45, 7) is 7.91. The lowest BCUT2D eigenvalue weighted by molar-refractivity contribution is 0.267. The van der Waals surface area contributed by atoms with Gasteiger partial charge >= 0.3 is 0 Å². The van der Waals surface area contributed by atoms with Crippen LogP contribution in [0.3, 0.4) is 0 Å². The number of hydrogen-bond acceptors (Lipinski definition) is 3. The number of nitrogens with zero attached hydrogens (tertiary/aromatic N) is 3. The average Bonchev–Trinajstić information content (AvgIpc) is 2.90. The first-order chi connectivity index (χ1) is 9.69. The van der Waals surface area contributed by atoms with Crippen molar-refractivity contribution in [1.82, 2.24) is 15.2 Å². The molecule has 0 aromatic carbocycles. The van der Waals surface area contributed by atoms with Crippen molar-refractivity contribution in [1.29, 1.82) is 0 Å². The molecule has 0 spiro atoms. The highest BCUT2D eigenvalue weighted by Crippen LogP contribution is 2.15. The number of likely N-dealkylation sites (tertiary alicyclic amines) is 1. The standard InChI is InChI=1S/C15H25N5/c1-3-20-9-5-8-14(20)11-18-15(16)17-10-13-7-4-6-12(2)19-13/h4,6-7,14H,3,5,8-11H2,1-2H3,(H3,16,17,18). The third-order valence-electron chi connectivity index (χ3n) is 3.78. The minimum absolute atomic E-state index is 0.510. The fourth-order valence-corrected chi connectivity index (χ4v) is 2.67. The molecule has 5 heteroatoms. The highest BCUT2D eigenvalue weighted by atomic mass is 15.2. The number of aryl methyl sites for hydroxylation is 1. The molecule has 0 radical (unpaired) electrons. The Balaban J connectivity index is 1.79. The fraction of sp³-hybridized carbons (Fsp3) is 0.600. The van der Waals surface area contributed by atoms with Crippen LogP contribution in [0.5, 0.6) is 0 Å². The Kier molecular flexibility index (Phi) is 5.35. The molecule has 1 aliphatic rings. The first-order valence-electron chi connectivity index (χ1n) is 7.39. The minimum atomic E-state index is 0.510. The van der Waals surface area contributed by atoms with E-state index in [9.17, 15) is 0 Å². The van der Waals surface area contributed by atoms with E-state index in [0.717, 1.165) is 24.5 Å². The van der Waals surface area contributed by atoms with E-state index < -0.39 is 0 Å². The van der Waals surface area contributed by atoms with Gasteiger partial charge in [0.2, 0.25) is 0 Å². The number of hydrogen-bond donors (Lipinski definition) is 2. The van der Waals surface area contributed by atoms with Crippen LogP contribution in [0.25, 0.3) is 0 Å². The van der Waals surface area contributed by atoms with E-state index in [0.29, 0.717) is 18.5 Å². The van der Waals surface area contributed by atoms with Crippen LogP contribution in [0.1, 0.15) is 31.2 Å². The van der Waals surface area contributed by atoms with Gasteiger partial charge in [0, 0.05) is 18.3 Å². The second-order valence-electron chi connectivity index (χ2n) is 5.28. The maximum absolute atomic E-state index is 5.92. The second kappa shape index (κ2) is 7.24. The van der Waals surface area contributed by atoms with Crippen molar-refractivity contribution < 1.29 is 0 Å². The normalized spacial score (nSPS) is 20.3. The first-order valence-corrected chi connectivity index (χ1v) is 7.39. The number of aliphatic imine (C=N–C) groups is 1. The summed E-state index contributed by atoms with van der Waals surface area (Å²) in [6.07, 6.45) is 2.53. The Morgan fingerprint density at radius 2 is 2.40 bits per heavy atom. The van der Waals surface area contributed by atoms with Gasteiger partial charge in [-0.05, 0) is 45.0 Å². The minimum Gasteiger partial charge on any atom is -0.370 e. The van der Waals surface area contributed by atoms with E-state index in [1.165, 1.54) is 19.4 Å². The number of aromatic nitrogens is 1. The van der Waals surface area contributed by atoms with Gasteiger partial charge in [0.15, 0.2) is 5.96 Å². The van der Waals surface area contributed by atoms with E-state index in [-0.39, 0.29) is 0 Å². The van der Waals surface area contributed by atoms with E-state index in [1.54, 1.807) is 0 Å². The highest BCUT2D eigenvalue weighted by Gasteiger charge is 2.22. The van der Waals surface area contributed by atoms with Crippen molar-refractivity contribution in [3.05, 3.63) is 29.6 Å². The third kappa shape index (κ3) is 4.20. The summed E-state index contributed by atoms with van der Waals surface area (Å²) in [5.74, 6) is 0.510. The van der Waals surface area contributed by atoms with E-state index in [4.69, 9.17) is 5.73 Å². The summed E-state index contributed by atoms with van der Waals surface area (Å²) < 4.78 is 0. The van der Waals surface area contributed by atoms with E-state index in [1.807, 2.05) is 25.1 Å². The van der Waals surface area contributed by atoms with Crippen LogP contribution in [0, 0.1) is 6.92 Å². The Bertz CT molecular complexity index is 457. The van der Waals surface area contributed by atoms with Gasteiger partial charge in [0.1, 0.15) is 0 Å². The second-order valence-corrected chi connectivity index (χ2v) is 5.28. The molecule has 0 saturated carbocycles. The van der Waals surface area contributed by atoms with Gasteiger partial charge < -0.3 is 11.1 Å². The predicted molar refractivity (Wildman–Crippen MR) is 82.6 cm³/mol. The average molecular weight is 275 g/mol. The summed E-state index contributed by atoms with van der Waals surface area (Å²) in [5.41, 5.74) is 7.88. The van der Waals surface area contributed by atoms with Crippen molar-refractivity contribution in [3.63, 3.8) is 0 Å². The first kappa shape index (κ1) is 14.8. The molecule has 1 atom stereocenters. The summed E-state index contributed by atoms with van der Waals surface area (Å²) >= 11 is 0. The maximum Gasteiger partial charge on any atom is 0.189 e. The molecule has 1 unspecified atom stereocenters. The molecule has 1 aromatic heterocycles. The summed E-state index contributed by atoms with van der Waals surface area (Å²) in [4.78, 5) is 11.2. The molecular weight excluding hydrogens is 250 g/mol. The van der Waals surface area contributed by atoms with Gasteiger partial charge in [-0.1, -0.05) is 13.0 Å². The van der Waals surface area contributed by atoms with Gasteiger partial charge in [-0.3, -0.25) is 9.88 Å². The Labute approximate surface area is 121 Å². The highest BCUT2D eigenvalue weighted by molar-refractivity contribution is 5.77. The van der Waals surface area contributed by atoms with E-state index in [2.05, 4.69) is 27.1 Å². The molecule has 110 valence electrons. The molecule has 1 saturated heterocycles. The predicted octanol–water partition coefficient (Wildman–Crippen LogP) is 1.28. The molecule has 0 amide bonds. The van der Waals surface area contributed by atoms with Crippen LogP contribution in [-0.2, 0) is 6.54 Å². The SMILES string of the molecule is CCN1CCCC1CNC(N)=NCc1cccc(C)n1. The number of pyridine rings is 1. The number of guanidine groups is 1. The van der Waals surface area contributed by atoms with E-state index >= 15 is 0 Å². The van der Waals surface area contributed by atoms with Gasteiger partial charge in [0.05, 0.1) is 12.2 Å². The Morgan fingerprint density at radius 1 is 1.55 bits per heavy atom. The van der Waals surface area contributed by atoms with Crippen LogP contribution in [0.15, 0.2) is 23.2 Å². The van der Waals surface area contributed by atoms with Crippen molar-refractivity contribution in [2.75, 3.05) is 19.6 Å². The molecule has 3 N–H and O–H groups in total. The monoisotopic (exact) mass is 275 g/mol. The maximum atomic E-state index is 5.92. The zero-order valence-electron chi connectivity index (χ0n) is 12.5. The number of rotatable bonds is 5. The van der Waals surface area contributed by atoms with Crippen molar-refractivity contribution in [2.24, 2.45) is 10.7 Å². The van der Waals surface area contributed by atoms with Gasteiger partial charge in [-0.15, -0.1) is 0 Å². The molecule has 20 heavy (non-hydrogen) atoms. The lowest BCUT2D eigenvalue weighted by Crippen LogP contribution is -2.42. The van der Waals surface area contributed by atoms with Crippen LogP contribution in [-0.4, -0.2) is 41.5 Å². The van der Waals surface area contributed by atoms with Crippen LogP contribution >= 0.6 is 0 Å². The van der Waals surface area contributed by atoms with Gasteiger partial charge in [0.25, 0.3) is 0 Å².